The molecule has 1 atom stereocenters. The summed E-state index contributed by atoms with van der Waals surface area (Å²) >= 11 is 0. The van der Waals surface area contributed by atoms with Crippen LogP contribution in [0.5, 0.6) is 0 Å². The zero-order valence-electron chi connectivity index (χ0n) is 7.16. The van der Waals surface area contributed by atoms with Crippen molar-refractivity contribution in [3.63, 3.8) is 0 Å². The van der Waals surface area contributed by atoms with Crippen LogP contribution in [0.1, 0.15) is 0 Å². The average molecular weight is 170 g/mol. The predicted octanol–water partition coefficient (Wildman–Crippen LogP) is 1.50. The topological polar surface area (TPSA) is 17.1 Å². The number of nitrogens with zero attached hydrogens (tertiary/aromatic N) is 1. The normalized spacial score (nSPS) is 34.5. The van der Waals surface area contributed by atoms with Crippen molar-refractivity contribution in [1.29, 1.82) is 0 Å². The van der Waals surface area contributed by atoms with Crippen LogP contribution in [0.25, 0.3) is 0 Å². The molecule has 0 fully saturated rings. The van der Waals surface area contributed by atoms with Crippen LogP contribution in [-0.2, 0) is 4.57 Å². The molecule has 3 heteroatoms. The van der Waals surface area contributed by atoms with Gasteiger partial charge in [-0.2, -0.15) is 0 Å². The number of hydrogen-bond donors (Lipinski definition) is 0. The lowest BCUT2D eigenvalue weighted by Gasteiger charge is -2.26. The van der Waals surface area contributed by atoms with Gasteiger partial charge in [0.2, 0.25) is 0 Å². The van der Waals surface area contributed by atoms with Gasteiger partial charge in [0.25, 0.3) is 7.29 Å². The van der Waals surface area contributed by atoms with Gasteiger partial charge in [0, 0.05) is 6.66 Å². The molecule has 0 saturated heterocycles. The van der Waals surface area contributed by atoms with Gasteiger partial charge in [0.1, 0.15) is 6.20 Å². The Morgan fingerprint density at radius 3 is 2.45 bits per heavy atom. The van der Waals surface area contributed by atoms with Crippen LogP contribution in [0.3, 0.4) is 0 Å². The van der Waals surface area contributed by atoms with Gasteiger partial charge in [0.15, 0.2) is 0 Å². The van der Waals surface area contributed by atoms with Crippen LogP contribution in [0, 0.1) is 12.3 Å². The molecule has 1 rings (SSSR count). The first-order valence-electron chi connectivity index (χ1n) is 3.48. The van der Waals surface area contributed by atoms with Crippen molar-refractivity contribution in [2.45, 2.75) is 0 Å². The molecular formula is C8H13NOP+. The van der Waals surface area contributed by atoms with Crippen molar-refractivity contribution in [3.05, 3.63) is 11.8 Å². The van der Waals surface area contributed by atoms with Gasteiger partial charge in [-0.1, -0.05) is 5.92 Å². The van der Waals surface area contributed by atoms with E-state index in [4.69, 9.17) is 6.42 Å². The second-order valence-electron chi connectivity index (χ2n) is 3.49. The minimum atomic E-state index is -2.12. The van der Waals surface area contributed by atoms with Crippen molar-refractivity contribution in [2.75, 3.05) is 26.9 Å². The molecule has 0 saturated carbocycles. The van der Waals surface area contributed by atoms with Crippen LogP contribution in [-0.4, -0.2) is 31.2 Å². The van der Waals surface area contributed by atoms with Crippen molar-refractivity contribution in [3.8, 4) is 12.3 Å². The quantitative estimate of drug-likeness (QED) is 0.397. The smallest absolute Gasteiger partial charge is 0.254 e. The van der Waals surface area contributed by atoms with Crippen molar-refractivity contribution in [1.82, 2.24) is 0 Å². The zero-order chi connectivity index (χ0) is 8.70. The Labute approximate surface area is 67.9 Å². The number of quaternary nitrogens is 1. The lowest BCUT2D eigenvalue weighted by atomic mass is 10.3. The lowest BCUT2D eigenvalue weighted by Crippen LogP contribution is -2.25. The van der Waals surface area contributed by atoms with Gasteiger partial charge in [-0.05, 0) is 0 Å². The Balaban J connectivity index is 3.08. The van der Waals surface area contributed by atoms with E-state index in [9.17, 15) is 4.57 Å². The molecule has 0 radical (unpaired) electrons. The van der Waals surface area contributed by atoms with Crippen LogP contribution < -0.4 is 0 Å². The summed E-state index contributed by atoms with van der Waals surface area (Å²) in [6.45, 7) is 1.80. The fraction of sp³-hybridized carbons (Fsp3) is 0.500. The molecular weight excluding hydrogens is 157 g/mol. The fourth-order valence-corrected chi connectivity index (χ4v) is 2.68. The summed E-state index contributed by atoms with van der Waals surface area (Å²) in [6, 6.07) is 0. The summed E-state index contributed by atoms with van der Waals surface area (Å²) in [4.78, 5) is 0. The summed E-state index contributed by atoms with van der Waals surface area (Å²) in [5.41, 5.74) is 0.876. The lowest BCUT2D eigenvalue weighted by molar-refractivity contribution is -0.707. The monoisotopic (exact) mass is 170 g/mol. The molecule has 60 valence electrons. The first kappa shape index (κ1) is 8.59. The van der Waals surface area contributed by atoms with Gasteiger partial charge in [0.05, 0.1) is 25.8 Å². The highest BCUT2D eigenvalue weighted by Gasteiger charge is 2.40. The molecule has 0 aromatic heterocycles. The number of hydrogen-bond acceptors (Lipinski definition) is 1. The Bertz CT molecular complexity index is 296. The highest BCUT2D eigenvalue weighted by molar-refractivity contribution is 7.57. The molecule has 1 heterocycles. The van der Waals surface area contributed by atoms with E-state index in [2.05, 4.69) is 5.92 Å². The molecule has 0 aromatic carbocycles. The molecule has 2 nitrogen and oxygen atoms in total. The third kappa shape index (κ3) is 1.27. The summed E-state index contributed by atoms with van der Waals surface area (Å²) in [6.07, 6.45) is 7.71. The van der Waals surface area contributed by atoms with E-state index in [1.165, 1.54) is 0 Å². The second-order valence-corrected chi connectivity index (χ2v) is 6.94. The number of terminal acetylenes is 1. The molecule has 0 N–H and O–H groups in total. The Morgan fingerprint density at radius 2 is 2.27 bits per heavy atom. The van der Waals surface area contributed by atoms with Crippen LogP contribution >= 0.6 is 7.29 Å². The summed E-state index contributed by atoms with van der Waals surface area (Å²) in [7, 11) is 1.73. The fourth-order valence-electron chi connectivity index (χ4n) is 1.13. The van der Waals surface area contributed by atoms with E-state index in [1.54, 1.807) is 6.66 Å². The highest BCUT2D eigenvalue weighted by Crippen LogP contribution is 2.56. The molecule has 0 amide bonds. The van der Waals surface area contributed by atoms with E-state index in [0.29, 0.717) is 10.4 Å². The first-order chi connectivity index (χ1) is 4.89. The van der Waals surface area contributed by atoms with E-state index in [-0.39, 0.29) is 0 Å². The maximum atomic E-state index is 11.9. The third-order valence-electron chi connectivity index (χ3n) is 2.21. The molecule has 0 spiro atoms. The van der Waals surface area contributed by atoms with E-state index >= 15 is 0 Å². The molecule has 1 aliphatic heterocycles. The van der Waals surface area contributed by atoms with Gasteiger partial charge in [-0.3, -0.25) is 8.82 Å². The number of allylic oxidation sites excluding steroid dienone is 1. The SMILES string of the molecule is C#CC1=C[N+](C)(C)P(C)(=O)C1. The summed E-state index contributed by atoms with van der Waals surface area (Å²) in [5, 5.41) is 0. The van der Waals surface area contributed by atoms with E-state index < -0.39 is 7.29 Å². The van der Waals surface area contributed by atoms with Gasteiger partial charge < -0.3 is 0 Å². The van der Waals surface area contributed by atoms with Crippen LogP contribution in [0.2, 0.25) is 0 Å². The van der Waals surface area contributed by atoms with Gasteiger partial charge >= 0.3 is 0 Å². The number of rotatable bonds is 0. The maximum Gasteiger partial charge on any atom is 0.254 e. The van der Waals surface area contributed by atoms with Gasteiger partial charge in [-0.15, -0.1) is 6.42 Å². The maximum absolute atomic E-state index is 11.9. The summed E-state index contributed by atoms with van der Waals surface area (Å²) in [5.74, 6) is 2.55. The minimum Gasteiger partial charge on any atom is -0.262 e. The van der Waals surface area contributed by atoms with Crippen molar-refractivity contribution >= 4 is 7.29 Å². The second kappa shape index (κ2) is 2.24. The standard InChI is InChI=1S/C8H13NOP/c1-5-8-6-9(2,3)11(4,10)7-8/h1,6H,7H2,2-4H3/q+1. The molecule has 11 heavy (non-hydrogen) atoms. The zero-order valence-corrected chi connectivity index (χ0v) is 8.06. The van der Waals surface area contributed by atoms with Crippen molar-refractivity contribution in [2.24, 2.45) is 0 Å². The third-order valence-corrected chi connectivity index (χ3v) is 5.43. The Hall–Kier alpha value is -0.510. The summed E-state index contributed by atoms with van der Waals surface area (Å²) < 4.78 is 12.3. The van der Waals surface area contributed by atoms with Gasteiger partial charge in [-0.25, -0.2) is 0 Å². The van der Waals surface area contributed by atoms with Crippen LogP contribution in [0.15, 0.2) is 11.8 Å². The molecule has 0 bridgehead atoms. The highest BCUT2D eigenvalue weighted by atomic mass is 31.2. The van der Waals surface area contributed by atoms with Crippen LogP contribution in [0.4, 0.5) is 0 Å². The molecule has 1 aliphatic rings. The van der Waals surface area contributed by atoms with Crippen molar-refractivity contribution < 1.29 is 8.82 Å². The van der Waals surface area contributed by atoms with E-state index in [1.807, 2.05) is 20.3 Å². The minimum absolute atomic E-state index is 0.451. The Kier molecular flexibility index (Phi) is 1.75. The molecule has 0 aliphatic carbocycles. The Morgan fingerprint density at radius 1 is 1.73 bits per heavy atom. The molecule has 1 unspecified atom stereocenters. The largest absolute Gasteiger partial charge is 0.262 e. The van der Waals surface area contributed by atoms with E-state index in [0.717, 1.165) is 5.57 Å². The molecule has 0 aromatic rings. The predicted molar refractivity (Wildman–Crippen MR) is 47.4 cm³/mol. The first-order valence-corrected chi connectivity index (χ1v) is 5.77. The average Bonchev–Trinajstić information content (AvgIpc) is 2.03.